The lowest BCUT2D eigenvalue weighted by molar-refractivity contribution is -0.121. The molecule has 1 heterocycles. The van der Waals surface area contributed by atoms with Crippen LogP contribution in [0.4, 0.5) is 0 Å². The minimum atomic E-state index is 0.0556. The van der Waals surface area contributed by atoms with E-state index in [1.807, 2.05) is 10.8 Å². The first-order valence-electron chi connectivity index (χ1n) is 5.65. The van der Waals surface area contributed by atoms with Gasteiger partial charge in [-0.25, -0.2) is 0 Å². The molecular formula is C11H17N3OS. The first-order valence-corrected chi connectivity index (χ1v) is 6.06. The number of carbonyl (C=O) groups excluding carboxylic acids is 1. The van der Waals surface area contributed by atoms with Crippen LogP contribution in [0.1, 0.15) is 38.3 Å². The molecule has 2 rings (SSSR count). The van der Waals surface area contributed by atoms with Crippen LogP contribution in [0.3, 0.4) is 0 Å². The average Bonchev–Trinajstić information content (AvgIpc) is 2.92. The molecule has 0 saturated heterocycles. The maximum Gasteiger partial charge on any atom is 0.240 e. The van der Waals surface area contributed by atoms with Crippen LogP contribution in [0.2, 0.25) is 0 Å². The summed E-state index contributed by atoms with van der Waals surface area (Å²) in [5.41, 5.74) is 1.08. The second kappa shape index (κ2) is 4.41. The van der Waals surface area contributed by atoms with Crippen LogP contribution in [0.15, 0.2) is 6.20 Å². The van der Waals surface area contributed by atoms with E-state index in [9.17, 15) is 4.79 Å². The van der Waals surface area contributed by atoms with Gasteiger partial charge in [-0.1, -0.05) is 13.8 Å². The monoisotopic (exact) mass is 239 g/mol. The Morgan fingerprint density at radius 3 is 2.94 bits per heavy atom. The number of aromatic nitrogens is 2. The van der Waals surface area contributed by atoms with Gasteiger partial charge in [-0.2, -0.15) is 0 Å². The molecule has 0 aliphatic heterocycles. The lowest BCUT2D eigenvalue weighted by atomic mass is 10.1. The fourth-order valence-corrected chi connectivity index (χ4v) is 1.92. The van der Waals surface area contributed by atoms with Gasteiger partial charge in [-0.05, 0) is 31.0 Å². The first-order chi connectivity index (χ1) is 7.58. The highest BCUT2D eigenvalue weighted by Crippen LogP contribution is 2.19. The number of amides is 1. The normalized spacial score (nSPS) is 15.4. The third kappa shape index (κ3) is 2.52. The second-order valence-electron chi connectivity index (χ2n) is 4.60. The number of hydrogen-bond donors (Lipinski definition) is 2. The number of aromatic amines is 1. The van der Waals surface area contributed by atoms with E-state index in [-0.39, 0.29) is 5.91 Å². The fourth-order valence-electron chi connectivity index (χ4n) is 1.69. The molecule has 0 spiro atoms. The molecule has 16 heavy (non-hydrogen) atoms. The van der Waals surface area contributed by atoms with Crippen molar-refractivity contribution >= 4 is 18.1 Å². The van der Waals surface area contributed by atoms with Gasteiger partial charge < -0.3 is 14.9 Å². The summed E-state index contributed by atoms with van der Waals surface area (Å²) >= 11 is 5.17. The van der Waals surface area contributed by atoms with Crippen molar-refractivity contribution in [1.82, 2.24) is 14.9 Å². The maximum absolute atomic E-state index is 11.7. The number of carbonyl (C=O) groups is 1. The van der Waals surface area contributed by atoms with Crippen LogP contribution < -0.4 is 5.32 Å². The average molecular weight is 239 g/mol. The van der Waals surface area contributed by atoms with Gasteiger partial charge in [0.2, 0.25) is 5.91 Å². The zero-order valence-electron chi connectivity index (χ0n) is 9.62. The zero-order valence-corrected chi connectivity index (χ0v) is 10.4. The summed E-state index contributed by atoms with van der Waals surface area (Å²) < 4.78 is 2.49. The molecule has 0 radical (unpaired) electrons. The van der Waals surface area contributed by atoms with Gasteiger partial charge in [-0.3, -0.25) is 4.79 Å². The van der Waals surface area contributed by atoms with E-state index in [0.29, 0.717) is 23.3 Å². The van der Waals surface area contributed by atoms with Crippen molar-refractivity contribution in [1.29, 1.82) is 0 Å². The minimum Gasteiger partial charge on any atom is -0.352 e. The molecule has 1 aliphatic carbocycles. The van der Waals surface area contributed by atoms with E-state index in [4.69, 9.17) is 12.2 Å². The molecule has 4 nitrogen and oxygen atoms in total. The van der Waals surface area contributed by atoms with Crippen molar-refractivity contribution in [2.24, 2.45) is 0 Å². The van der Waals surface area contributed by atoms with Crippen LogP contribution in [0, 0.1) is 4.77 Å². The number of hydrogen-bond acceptors (Lipinski definition) is 2. The van der Waals surface area contributed by atoms with Gasteiger partial charge in [0, 0.05) is 17.9 Å². The first kappa shape index (κ1) is 11.4. The molecule has 0 aromatic carbocycles. The van der Waals surface area contributed by atoms with Gasteiger partial charge in [0.15, 0.2) is 4.77 Å². The summed E-state index contributed by atoms with van der Waals surface area (Å²) in [6.45, 7) is 4.51. The molecule has 1 fully saturated rings. The molecule has 2 N–H and O–H groups in total. The summed E-state index contributed by atoms with van der Waals surface area (Å²) in [6.07, 6.45) is 4.11. The lowest BCUT2D eigenvalue weighted by Crippen LogP contribution is -2.30. The number of rotatable bonds is 4. The van der Waals surface area contributed by atoms with Crippen LogP contribution in [-0.2, 0) is 11.3 Å². The predicted molar refractivity (Wildman–Crippen MR) is 64.9 cm³/mol. The minimum absolute atomic E-state index is 0.0556. The molecule has 1 aromatic heterocycles. The molecule has 1 amide bonds. The Labute approximate surface area is 100 Å². The van der Waals surface area contributed by atoms with Crippen LogP contribution in [0.5, 0.6) is 0 Å². The van der Waals surface area contributed by atoms with Gasteiger partial charge in [0.05, 0.1) is 0 Å². The summed E-state index contributed by atoms with van der Waals surface area (Å²) in [5, 5.41) is 2.97. The quantitative estimate of drug-likeness (QED) is 0.789. The molecule has 1 aromatic rings. The zero-order chi connectivity index (χ0) is 11.7. The molecular weight excluding hydrogens is 222 g/mol. The van der Waals surface area contributed by atoms with Crippen LogP contribution in [-0.4, -0.2) is 21.5 Å². The predicted octanol–water partition coefficient (Wildman–Crippen LogP) is 1.95. The highest BCUT2D eigenvalue weighted by atomic mass is 32.1. The summed E-state index contributed by atoms with van der Waals surface area (Å²) in [6, 6.07) is 0.406. The smallest absolute Gasteiger partial charge is 0.240 e. The Bertz CT molecular complexity index is 442. The fraction of sp³-hybridized carbons (Fsp3) is 0.636. The van der Waals surface area contributed by atoms with E-state index < -0.39 is 0 Å². The highest BCUT2D eigenvalue weighted by Gasteiger charge is 2.23. The Kier molecular flexibility index (Phi) is 3.14. The Morgan fingerprint density at radius 2 is 2.38 bits per heavy atom. The number of H-pyrrole nitrogens is 1. The summed E-state index contributed by atoms with van der Waals surface area (Å²) in [4.78, 5) is 14.7. The third-order valence-electron chi connectivity index (χ3n) is 2.74. The van der Waals surface area contributed by atoms with Crippen molar-refractivity contribution in [3.05, 3.63) is 16.7 Å². The third-order valence-corrected chi connectivity index (χ3v) is 3.07. The van der Waals surface area contributed by atoms with Crippen LogP contribution >= 0.6 is 12.2 Å². The van der Waals surface area contributed by atoms with Gasteiger partial charge in [-0.15, -0.1) is 0 Å². The van der Waals surface area contributed by atoms with Gasteiger partial charge in [0.25, 0.3) is 0 Å². The van der Waals surface area contributed by atoms with Crippen LogP contribution in [0.25, 0.3) is 0 Å². The molecule has 5 heteroatoms. The SMILES string of the molecule is CC(C)c1c[nH]c(=S)n1CC(=O)NC1CC1. The molecule has 1 saturated carbocycles. The Morgan fingerprint density at radius 1 is 1.69 bits per heavy atom. The van der Waals surface area contributed by atoms with Crippen molar-refractivity contribution in [2.75, 3.05) is 0 Å². The van der Waals surface area contributed by atoms with Crippen molar-refractivity contribution < 1.29 is 4.79 Å². The van der Waals surface area contributed by atoms with E-state index in [0.717, 1.165) is 18.5 Å². The largest absolute Gasteiger partial charge is 0.352 e. The summed E-state index contributed by atoms with van der Waals surface area (Å²) in [7, 11) is 0. The second-order valence-corrected chi connectivity index (χ2v) is 4.99. The Balaban J connectivity index is 2.09. The van der Waals surface area contributed by atoms with E-state index in [2.05, 4.69) is 24.1 Å². The Hall–Kier alpha value is -1.10. The molecule has 0 unspecified atom stereocenters. The van der Waals surface area contributed by atoms with Crippen molar-refractivity contribution in [3.63, 3.8) is 0 Å². The van der Waals surface area contributed by atoms with E-state index >= 15 is 0 Å². The molecule has 0 bridgehead atoms. The number of nitrogens with one attached hydrogen (secondary N) is 2. The van der Waals surface area contributed by atoms with Gasteiger partial charge >= 0.3 is 0 Å². The van der Waals surface area contributed by atoms with E-state index in [1.165, 1.54) is 0 Å². The highest BCUT2D eigenvalue weighted by molar-refractivity contribution is 7.71. The number of imidazole rings is 1. The van der Waals surface area contributed by atoms with Gasteiger partial charge in [0.1, 0.15) is 6.54 Å². The topological polar surface area (TPSA) is 49.8 Å². The standard InChI is InChI=1S/C11H17N3OS/c1-7(2)9-5-12-11(16)14(9)6-10(15)13-8-3-4-8/h5,7-8H,3-4,6H2,1-2H3,(H,12,16)(H,13,15). The number of nitrogens with zero attached hydrogens (tertiary/aromatic N) is 1. The molecule has 0 atom stereocenters. The van der Waals surface area contributed by atoms with Crippen molar-refractivity contribution in [3.8, 4) is 0 Å². The molecule has 1 aliphatic rings. The molecule has 88 valence electrons. The lowest BCUT2D eigenvalue weighted by Gasteiger charge is -2.10. The van der Waals surface area contributed by atoms with E-state index in [1.54, 1.807) is 0 Å². The maximum atomic E-state index is 11.7. The van der Waals surface area contributed by atoms with Crippen molar-refractivity contribution in [2.45, 2.75) is 45.2 Å². The summed E-state index contributed by atoms with van der Waals surface area (Å²) in [5.74, 6) is 0.418.